The van der Waals surface area contributed by atoms with Crippen molar-refractivity contribution in [3.05, 3.63) is 40.4 Å². The Labute approximate surface area is 102 Å². The Kier molecular flexibility index (Phi) is 3.35. The van der Waals surface area contributed by atoms with Crippen molar-refractivity contribution in [3.8, 4) is 17.3 Å². The van der Waals surface area contributed by atoms with Crippen LogP contribution in [0.1, 0.15) is 12.0 Å². The van der Waals surface area contributed by atoms with Crippen LogP contribution in [0.15, 0.2) is 29.2 Å². The second-order valence-electron chi connectivity index (χ2n) is 3.45. The summed E-state index contributed by atoms with van der Waals surface area (Å²) in [7, 11) is 1.23. The van der Waals surface area contributed by atoms with Gasteiger partial charge in [0, 0.05) is 13.3 Å². The number of methoxy groups -OCH3 is 1. The minimum atomic E-state index is -1.48. The van der Waals surface area contributed by atoms with E-state index in [0.717, 1.165) is 0 Å². The van der Waals surface area contributed by atoms with Gasteiger partial charge in [-0.1, -0.05) is 6.07 Å². The molecule has 0 saturated carbocycles. The van der Waals surface area contributed by atoms with Gasteiger partial charge in [0.1, 0.15) is 11.4 Å². The van der Waals surface area contributed by atoms with Crippen molar-refractivity contribution in [1.29, 1.82) is 0 Å². The Hall–Kier alpha value is -2.25. The number of pyridine rings is 1. The Balaban J connectivity index is 2.58. The van der Waals surface area contributed by atoms with Crippen LogP contribution in [-0.2, 0) is 4.74 Å². The molecule has 0 radical (unpaired) electrons. The SMILES string of the molecule is COC(O)c1nc(-c2ccccn2)[nH]c(=O)c1O. The second-order valence-corrected chi connectivity index (χ2v) is 3.45. The monoisotopic (exact) mass is 249 g/mol. The van der Waals surface area contributed by atoms with Crippen LogP contribution in [0.4, 0.5) is 0 Å². The lowest BCUT2D eigenvalue weighted by molar-refractivity contribution is -0.0812. The first-order valence-corrected chi connectivity index (χ1v) is 5.09. The van der Waals surface area contributed by atoms with Gasteiger partial charge in [-0.3, -0.25) is 9.78 Å². The van der Waals surface area contributed by atoms with Gasteiger partial charge >= 0.3 is 0 Å². The van der Waals surface area contributed by atoms with Gasteiger partial charge in [0.05, 0.1) is 0 Å². The molecule has 2 aromatic rings. The topological polar surface area (TPSA) is 108 Å². The van der Waals surface area contributed by atoms with Gasteiger partial charge in [-0.2, -0.15) is 0 Å². The molecule has 0 saturated heterocycles. The minimum Gasteiger partial charge on any atom is -0.502 e. The Morgan fingerprint density at radius 1 is 1.44 bits per heavy atom. The Morgan fingerprint density at radius 2 is 2.22 bits per heavy atom. The minimum absolute atomic E-state index is 0.143. The number of aliphatic hydroxyl groups excluding tert-OH is 1. The summed E-state index contributed by atoms with van der Waals surface area (Å²) in [6.07, 6.45) is 0.0592. The molecule has 2 aromatic heterocycles. The standard InChI is InChI=1S/C11H11N3O4/c1-18-11(17)7-8(15)10(16)14-9(13-7)6-4-2-3-5-12-6/h2-5,11,15,17H,1H3,(H,13,14,16). The van der Waals surface area contributed by atoms with Crippen molar-refractivity contribution in [2.45, 2.75) is 6.29 Å². The molecular weight excluding hydrogens is 238 g/mol. The predicted octanol–water partition coefficient (Wildman–Crippen LogP) is 0.175. The van der Waals surface area contributed by atoms with E-state index in [1.165, 1.54) is 13.3 Å². The molecule has 2 rings (SSSR count). The van der Waals surface area contributed by atoms with Crippen LogP contribution in [0.25, 0.3) is 11.5 Å². The molecule has 7 nitrogen and oxygen atoms in total. The molecule has 0 aromatic carbocycles. The predicted molar refractivity (Wildman–Crippen MR) is 61.7 cm³/mol. The lowest BCUT2D eigenvalue weighted by Gasteiger charge is -2.10. The molecule has 0 bridgehead atoms. The van der Waals surface area contributed by atoms with Gasteiger partial charge < -0.3 is 19.9 Å². The number of rotatable bonds is 3. The lowest BCUT2D eigenvalue weighted by Crippen LogP contribution is -2.15. The fourth-order valence-corrected chi connectivity index (χ4v) is 1.39. The Morgan fingerprint density at radius 3 is 2.83 bits per heavy atom. The average Bonchev–Trinajstić information content (AvgIpc) is 2.41. The Bertz CT molecular complexity index is 597. The highest BCUT2D eigenvalue weighted by Crippen LogP contribution is 2.20. The summed E-state index contributed by atoms with van der Waals surface area (Å²) in [5.41, 5.74) is -0.599. The first kappa shape index (κ1) is 12.2. The summed E-state index contributed by atoms with van der Waals surface area (Å²) >= 11 is 0. The average molecular weight is 249 g/mol. The van der Waals surface area contributed by atoms with Gasteiger partial charge in [0.2, 0.25) is 12.0 Å². The van der Waals surface area contributed by atoms with Crippen LogP contribution in [0.3, 0.4) is 0 Å². The lowest BCUT2D eigenvalue weighted by atomic mass is 10.3. The van der Waals surface area contributed by atoms with Gasteiger partial charge in [-0.05, 0) is 12.1 Å². The van der Waals surface area contributed by atoms with Crippen LogP contribution in [0.5, 0.6) is 5.75 Å². The number of nitrogens with zero attached hydrogens (tertiary/aromatic N) is 2. The molecule has 2 heterocycles. The molecule has 0 aliphatic heterocycles. The normalized spacial score (nSPS) is 12.3. The molecule has 3 N–H and O–H groups in total. The van der Waals surface area contributed by atoms with E-state index in [2.05, 4.69) is 19.7 Å². The molecule has 94 valence electrons. The third kappa shape index (κ3) is 2.22. The van der Waals surface area contributed by atoms with Crippen molar-refractivity contribution in [3.63, 3.8) is 0 Å². The van der Waals surface area contributed by atoms with Crippen LogP contribution < -0.4 is 5.56 Å². The summed E-state index contributed by atoms with van der Waals surface area (Å²) in [6.45, 7) is 0. The molecule has 0 amide bonds. The maximum absolute atomic E-state index is 11.5. The van der Waals surface area contributed by atoms with Gasteiger partial charge in [-0.15, -0.1) is 0 Å². The van der Waals surface area contributed by atoms with Crippen LogP contribution in [-0.4, -0.2) is 32.3 Å². The number of ether oxygens (including phenoxy) is 1. The number of hydrogen-bond acceptors (Lipinski definition) is 6. The van der Waals surface area contributed by atoms with Gasteiger partial charge in [0.25, 0.3) is 5.56 Å². The van der Waals surface area contributed by atoms with Crippen LogP contribution in [0, 0.1) is 0 Å². The largest absolute Gasteiger partial charge is 0.502 e. The number of aromatic nitrogens is 3. The second kappa shape index (κ2) is 4.94. The van der Waals surface area contributed by atoms with E-state index < -0.39 is 17.6 Å². The van der Waals surface area contributed by atoms with E-state index in [-0.39, 0.29) is 11.5 Å². The summed E-state index contributed by atoms with van der Waals surface area (Å²) in [6, 6.07) is 5.08. The number of aromatic amines is 1. The van der Waals surface area contributed by atoms with E-state index in [0.29, 0.717) is 5.69 Å². The zero-order chi connectivity index (χ0) is 13.1. The van der Waals surface area contributed by atoms with E-state index >= 15 is 0 Å². The molecule has 1 unspecified atom stereocenters. The van der Waals surface area contributed by atoms with E-state index in [4.69, 9.17) is 0 Å². The van der Waals surface area contributed by atoms with Gasteiger partial charge in [0.15, 0.2) is 5.82 Å². The third-order valence-corrected chi connectivity index (χ3v) is 2.29. The van der Waals surface area contributed by atoms with Crippen molar-refractivity contribution >= 4 is 0 Å². The highest BCUT2D eigenvalue weighted by Gasteiger charge is 2.18. The summed E-state index contributed by atoms with van der Waals surface area (Å²) in [4.78, 5) is 21.8. The number of aliphatic hydroxyl groups is 1. The number of hydrogen-bond donors (Lipinski definition) is 3. The molecule has 0 aliphatic rings. The zero-order valence-electron chi connectivity index (χ0n) is 9.49. The molecule has 0 fully saturated rings. The summed E-state index contributed by atoms with van der Waals surface area (Å²) < 4.78 is 4.62. The number of aromatic hydroxyl groups is 1. The van der Waals surface area contributed by atoms with Crippen molar-refractivity contribution < 1.29 is 14.9 Å². The summed E-state index contributed by atoms with van der Waals surface area (Å²) in [5, 5.41) is 19.0. The highest BCUT2D eigenvalue weighted by molar-refractivity contribution is 5.49. The number of H-pyrrole nitrogens is 1. The van der Waals surface area contributed by atoms with Crippen molar-refractivity contribution in [2.75, 3.05) is 7.11 Å². The summed E-state index contributed by atoms with van der Waals surface area (Å²) in [5.74, 6) is -0.534. The molecule has 7 heteroatoms. The van der Waals surface area contributed by atoms with Gasteiger partial charge in [-0.25, -0.2) is 4.98 Å². The van der Waals surface area contributed by atoms with Crippen molar-refractivity contribution in [2.24, 2.45) is 0 Å². The fraction of sp³-hybridized carbons (Fsp3) is 0.182. The first-order valence-electron chi connectivity index (χ1n) is 5.09. The van der Waals surface area contributed by atoms with Crippen molar-refractivity contribution in [1.82, 2.24) is 15.0 Å². The highest BCUT2D eigenvalue weighted by atomic mass is 16.6. The molecule has 18 heavy (non-hydrogen) atoms. The molecule has 1 atom stereocenters. The van der Waals surface area contributed by atoms with E-state index in [9.17, 15) is 15.0 Å². The number of nitrogens with one attached hydrogen (secondary N) is 1. The smallest absolute Gasteiger partial charge is 0.293 e. The van der Waals surface area contributed by atoms with Crippen LogP contribution in [0.2, 0.25) is 0 Å². The third-order valence-electron chi connectivity index (χ3n) is 2.29. The van der Waals surface area contributed by atoms with Crippen LogP contribution >= 0.6 is 0 Å². The maximum atomic E-state index is 11.5. The molecule has 0 spiro atoms. The molecular formula is C11H11N3O4. The first-order chi connectivity index (χ1) is 8.63. The maximum Gasteiger partial charge on any atom is 0.293 e. The zero-order valence-corrected chi connectivity index (χ0v) is 9.49. The van der Waals surface area contributed by atoms with E-state index in [1.807, 2.05) is 0 Å². The van der Waals surface area contributed by atoms with E-state index in [1.54, 1.807) is 18.2 Å². The quantitative estimate of drug-likeness (QED) is 0.669. The fourth-order valence-electron chi connectivity index (χ4n) is 1.39. The molecule has 0 aliphatic carbocycles.